The molecule has 0 fully saturated rings. The SMILES string of the molecule is CCOC(=O)C1=C(C(C)(OCC)OCCN)N=C(C)C(C(=O)OC)C1c1cccc(Cl)c1Cl. The summed E-state index contributed by atoms with van der Waals surface area (Å²) in [6, 6.07) is 5.00. The predicted octanol–water partition coefficient (Wildman–Crippen LogP) is 3.89. The van der Waals surface area contributed by atoms with Gasteiger partial charge in [0.1, 0.15) is 11.6 Å². The largest absolute Gasteiger partial charge is 0.468 e. The molecule has 2 rings (SSSR count). The van der Waals surface area contributed by atoms with Crippen molar-refractivity contribution in [2.24, 2.45) is 16.6 Å². The molecule has 0 spiro atoms. The van der Waals surface area contributed by atoms with E-state index in [9.17, 15) is 9.59 Å². The summed E-state index contributed by atoms with van der Waals surface area (Å²) in [5.74, 6) is -4.56. The number of aliphatic imine (C=N–C) groups is 1. The molecular formula is C23H30Cl2N2O6. The van der Waals surface area contributed by atoms with Crippen LogP contribution < -0.4 is 5.73 Å². The lowest BCUT2D eigenvalue weighted by molar-refractivity contribution is -0.197. The third kappa shape index (κ3) is 5.75. The van der Waals surface area contributed by atoms with Crippen LogP contribution in [0.3, 0.4) is 0 Å². The van der Waals surface area contributed by atoms with Crippen molar-refractivity contribution in [3.05, 3.63) is 45.1 Å². The van der Waals surface area contributed by atoms with Gasteiger partial charge in [-0.15, -0.1) is 0 Å². The van der Waals surface area contributed by atoms with E-state index in [1.54, 1.807) is 45.9 Å². The maximum Gasteiger partial charge on any atom is 0.336 e. The molecule has 1 aliphatic rings. The van der Waals surface area contributed by atoms with Crippen LogP contribution in [0.25, 0.3) is 0 Å². The van der Waals surface area contributed by atoms with Crippen LogP contribution in [0.5, 0.6) is 0 Å². The monoisotopic (exact) mass is 500 g/mol. The normalized spacial score (nSPS) is 20.2. The number of esters is 2. The topological polar surface area (TPSA) is 109 Å². The van der Waals surface area contributed by atoms with Gasteiger partial charge in [-0.3, -0.25) is 9.79 Å². The highest BCUT2D eigenvalue weighted by molar-refractivity contribution is 6.42. The molecule has 2 N–H and O–H groups in total. The molecule has 0 saturated heterocycles. The summed E-state index contributed by atoms with van der Waals surface area (Å²) < 4.78 is 22.3. The number of ether oxygens (including phenoxy) is 4. The van der Waals surface area contributed by atoms with Gasteiger partial charge in [0.2, 0.25) is 5.79 Å². The summed E-state index contributed by atoms with van der Waals surface area (Å²) in [5, 5.41) is 0.476. The van der Waals surface area contributed by atoms with Gasteiger partial charge in [-0.05, 0) is 39.3 Å². The molecule has 1 heterocycles. The van der Waals surface area contributed by atoms with Crippen molar-refractivity contribution in [1.29, 1.82) is 0 Å². The first-order chi connectivity index (χ1) is 15.7. The fourth-order valence-electron chi connectivity index (χ4n) is 3.88. The molecule has 0 aliphatic carbocycles. The number of hydrogen-bond acceptors (Lipinski definition) is 8. The Hall–Kier alpha value is -1.97. The maximum absolute atomic E-state index is 13.4. The Labute approximate surface area is 204 Å². The van der Waals surface area contributed by atoms with Gasteiger partial charge < -0.3 is 24.7 Å². The number of benzene rings is 1. The van der Waals surface area contributed by atoms with E-state index in [-0.39, 0.29) is 47.7 Å². The third-order valence-corrected chi connectivity index (χ3v) is 6.08. The number of methoxy groups -OCH3 is 1. The van der Waals surface area contributed by atoms with E-state index in [4.69, 9.17) is 47.9 Å². The van der Waals surface area contributed by atoms with Gasteiger partial charge in [0.15, 0.2) is 0 Å². The van der Waals surface area contributed by atoms with Crippen LogP contribution in [0.1, 0.15) is 39.2 Å². The van der Waals surface area contributed by atoms with Crippen molar-refractivity contribution in [1.82, 2.24) is 0 Å². The van der Waals surface area contributed by atoms with Crippen LogP contribution in [-0.4, -0.2) is 56.9 Å². The van der Waals surface area contributed by atoms with Gasteiger partial charge >= 0.3 is 11.9 Å². The first-order valence-electron chi connectivity index (χ1n) is 10.6. The zero-order valence-corrected chi connectivity index (χ0v) is 21.0. The van der Waals surface area contributed by atoms with E-state index in [0.717, 1.165) is 0 Å². The van der Waals surface area contributed by atoms with Crippen LogP contribution in [0.15, 0.2) is 34.5 Å². The molecule has 1 aromatic rings. The van der Waals surface area contributed by atoms with E-state index in [1.807, 2.05) is 0 Å². The van der Waals surface area contributed by atoms with Crippen LogP contribution in [0, 0.1) is 5.92 Å². The summed E-state index contributed by atoms with van der Waals surface area (Å²) in [7, 11) is 1.27. The van der Waals surface area contributed by atoms with Crippen molar-refractivity contribution in [2.45, 2.75) is 39.4 Å². The standard InChI is InChI=1S/C23H30Cl2N2O6/c1-6-31-22(29)18-17(14-9-8-10-15(24)19(14)25)16(21(28)30-5)13(3)27-20(18)23(4,32-7-2)33-12-11-26/h8-10,16-17H,6-7,11-12,26H2,1-5H3. The molecular weight excluding hydrogens is 471 g/mol. The van der Waals surface area contributed by atoms with E-state index in [1.165, 1.54) is 7.11 Å². The Morgan fingerprint density at radius 1 is 1.18 bits per heavy atom. The van der Waals surface area contributed by atoms with Crippen molar-refractivity contribution >= 4 is 40.9 Å². The molecule has 0 radical (unpaired) electrons. The summed E-state index contributed by atoms with van der Waals surface area (Å²) in [4.78, 5) is 30.9. The van der Waals surface area contributed by atoms with Gasteiger partial charge in [-0.25, -0.2) is 4.79 Å². The molecule has 0 bridgehead atoms. The predicted molar refractivity (Wildman–Crippen MR) is 127 cm³/mol. The summed E-state index contributed by atoms with van der Waals surface area (Å²) >= 11 is 12.9. The van der Waals surface area contributed by atoms with E-state index >= 15 is 0 Å². The number of nitrogens with two attached hydrogens (primary N) is 1. The number of hydrogen-bond donors (Lipinski definition) is 1. The van der Waals surface area contributed by atoms with Gasteiger partial charge in [0, 0.05) is 24.8 Å². The van der Waals surface area contributed by atoms with Crippen LogP contribution in [0.2, 0.25) is 10.0 Å². The molecule has 3 atom stereocenters. The number of carbonyl (C=O) groups excluding carboxylic acids is 2. The molecule has 10 heteroatoms. The summed E-state index contributed by atoms with van der Waals surface area (Å²) in [5.41, 5.74) is 6.75. The van der Waals surface area contributed by atoms with Crippen molar-refractivity contribution in [3.63, 3.8) is 0 Å². The molecule has 8 nitrogen and oxygen atoms in total. The number of rotatable bonds is 10. The number of nitrogens with zero attached hydrogens (tertiary/aromatic N) is 1. The highest BCUT2D eigenvalue weighted by atomic mass is 35.5. The van der Waals surface area contributed by atoms with Gasteiger partial charge in [0.25, 0.3) is 0 Å². The van der Waals surface area contributed by atoms with E-state index in [0.29, 0.717) is 11.3 Å². The van der Waals surface area contributed by atoms with E-state index in [2.05, 4.69) is 4.99 Å². The van der Waals surface area contributed by atoms with Gasteiger partial charge in [0.05, 0.1) is 35.9 Å². The van der Waals surface area contributed by atoms with Crippen LogP contribution >= 0.6 is 23.2 Å². The molecule has 0 saturated carbocycles. The lowest BCUT2D eigenvalue weighted by Crippen LogP contribution is -2.43. The highest BCUT2D eigenvalue weighted by Crippen LogP contribution is 2.46. The van der Waals surface area contributed by atoms with Crippen molar-refractivity contribution in [3.8, 4) is 0 Å². The zero-order valence-electron chi connectivity index (χ0n) is 19.4. The third-order valence-electron chi connectivity index (χ3n) is 5.25. The lowest BCUT2D eigenvalue weighted by atomic mass is 9.74. The summed E-state index contributed by atoms with van der Waals surface area (Å²) in [6.45, 7) is 7.52. The fourth-order valence-corrected chi connectivity index (χ4v) is 4.30. The van der Waals surface area contributed by atoms with Crippen LogP contribution in [0.4, 0.5) is 0 Å². The minimum atomic E-state index is -1.44. The van der Waals surface area contributed by atoms with Crippen molar-refractivity contribution < 1.29 is 28.5 Å². The second-order valence-electron chi connectivity index (χ2n) is 7.37. The molecule has 182 valence electrons. The van der Waals surface area contributed by atoms with Gasteiger partial charge in [-0.1, -0.05) is 35.3 Å². The maximum atomic E-state index is 13.4. The Morgan fingerprint density at radius 2 is 1.88 bits per heavy atom. The fraction of sp³-hybridized carbons (Fsp3) is 0.522. The second-order valence-corrected chi connectivity index (χ2v) is 8.16. The molecule has 1 aromatic carbocycles. The average molecular weight is 501 g/mol. The molecule has 0 amide bonds. The molecule has 33 heavy (non-hydrogen) atoms. The van der Waals surface area contributed by atoms with Gasteiger partial charge in [-0.2, -0.15) is 0 Å². The minimum absolute atomic E-state index is 0.0787. The average Bonchev–Trinajstić information content (AvgIpc) is 2.78. The quantitative estimate of drug-likeness (QED) is 0.383. The highest BCUT2D eigenvalue weighted by Gasteiger charge is 2.48. The first-order valence-corrected chi connectivity index (χ1v) is 11.4. The molecule has 3 unspecified atom stereocenters. The van der Waals surface area contributed by atoms with Crippen molar-refractivity contribution in [2.75, 3.05) is 33.5 Å². The zero-order chi connectivity index (χ0) is 24.8. The Balaban J connectivity index is 2.93. The van der Waals surface area contributed by atoms with E-state index < -0.39 is 29.6 Å². The van der Waals surface area contributed by atoms with Crippen LogP contribution in [-0.2, 0) is 28.5 Å². The summed E-state index contributed by atoms with van der Waals surface area (Å²) in [6.07, 6.45) is 0. The second kappa shape index (κ2) is 11.9. The lowest BCUT2D eigenvalue weighted by Gasteiger charge is -2.38. The number of carbonyl (C=O) groups is 2. The Bertz CT molecular complexity index is 949. The molecule has 1 aliphatic heterocycles. The smallest absolute Gasteiger partial charge is 0.336 e. The Morgan fingerprint density at radius 3 is 2.45 bits per heavy atom. The molecule has 0 aromatic heterocycles. The Kier molecular flexibility index (Phi) is 9.87. The minimum Gasteiger partial charge on any atom is -0.468 e. The first kappa shape index (κ1) is 27.3. The number of halogens is 2.